The number of hydrogen-bond acceptors (Lipinski definition) is 3. The molecule has 15 heavy (non-hydrogen) atoms. The van der Waals surface area contributed by atoms with Gasteiger partial charge in [-0.25, -0.2) is 4.98 Å². The van der Waals surface area contributed by atoms with Crippen LogP contribution in [0.1, 0.15) is 25.3 Å². The maximum atomic E-state index is 5.87. The number of nitrogens with zero attached hydrogens (tertiary/aromatic N) is 1. The fraction of sp³-hybridized carbons (Fsp3) is 0.545. The molecule has 1 heterocycles. The summed E-state index contributed by atoms with van der Waals surface area (Å²) in [5, 5.41) is 0.500. The molecule has 0 spiro atoms. The molecule has 0 aromatic carbocycles. The Morgan fingerprint density at radius 2 is 2.27 bits per heavy atom. The maximum Gasteiger partial charge on any atom is 0.214 e. The largest absolute Gasteiger partial charge is 0.481 e. The van der Waals surface area contributed by atoms with Crippen LogP contribution in [0.25, 0.3) is 0 Å². The Hall–Kier alpha value is -0.410. The highest BCUT2D eigenvalue weighted by Gasteiger charge is 2.01. The van der Waals surface area contributed by atoms with Crippen molar-refractivity contribution < 1.29 is 4.74 Å². The lowest BCUT2D eigenvalue weighted by atomic mass is 10.3. The van der Waals surface area contributed by atoms with Gasteiger partial charge in [0.15, 0.2) is 0 Å². The van der Waals surface area contributed by atoms with Crippen molar-refractivity contribution in [2.75, 3.05) is 12.9 Å². The monoisotopic (exact) mass is 245 g/mol. The van der Waals surface area contributed by atoms with Crippen LogP contribution in [-0.2, 0) is 5.75 Å². The van der Waals surface area contributed by atoms with Crippen LogP contribution < -0.4 is 4.74 Å². The van der Waals surface area contributed by atoms with Crippen LogP contribution in [0.3, 0.4) is 0 Å². The predicted molar refractivity (Wildman–Crippen MR) is 66.9 cm³/mol. The van der Waals surface area contributed by atoms with Crippen LogP contribution in [-0.4, -0.2) is 17.8 Å². The van der Waals surface area contributed by atoms with E-state index in [4.69, 9.17) is 16.3 Å². The fourth-order valence-corrected chi connectivity index (χ4v) is 2.41. The summed E-state index contributed by atoms with van der Waals surface area (Å²) in [6.07, 6.45) is 2.51. The minimum atomic E-state index is 0.500. The molecule has 84 valence electrons. The summed E-state index contributed by atoms with van der Waals surface area (Å²) in [4.78, 5) is 4.03. The number of unbranched alkanes of at least 4 members (excludes halogenated alkanes) is 1. The molecule has 1 rings (SSSR count). The first-order valence-electron chi connectivity index (χ1n) is 5.04. The molecule has 0 aliphatic heterocycles. The molecule has 0 saturated carbocycles. The first-order chi connectivity index (χ1) is 7.26. The van der Waals surface area contributed by atoms with Crippen LogP contribution in [0.15, 0.2) is 12.1 Å². The van der Waals surface area contributed by atoms with Gasteiger partial charge in [-0.15, -0.1) is 0 Å². The lowest BCUT2D eigenvalue weighted by molar-refractivity contribution is 0.397. The highest BCUT2D eigenvalue weighted by atomic mass is 35.5. The Labute approximate surface area is 100 Å². The topological polar surface area (TPSA) is 22.1 Å². The molecule has 2 nitrogen and oxygen atoms in total. The minimum absolute atomic E-state index is 0.500. The van der Waals surface area contributed by atoms with Crippen LogP contribution in [0.4, 0.5) is 0 Å². The average Bonchev–Trinajstić information content (AvgIpc) is 2.23. The molecule has 0 bridgehead atoms. The molecule has 4 heteroatoms. The maximum absolute atomic E-state index is 5.87. The first kappa shape index (κ1) is 12.7. The standard InChI is InChI=1S/C11H16ClNOS/c1-3-4-5-15-8-9-6-10(12)13-11(7-9)14-2/h6-7H,3-5,8H2,1-2H3. The number of ether oxygens (including phenoxy) is 1. The Morgan fingerprint density at radius 3 is 2.93 bits per heavy atom. The van der Waals surface area contributed by atoms with Gasteiger partial charge < -0.3 is 4.74 Å². The number of methoxy groups -OCH3 is 1. The van der Waals surface area contributed by atoms with Gasteiger partial charge in [0.1, 0.15) is 5.15 Å². The van der Waals surface area contributed by atoms with E-state index in [1.807, 2.05) is 23.9 Å². The zero-order valence-corrected chi connectivity index (χ0v) is 10.7. The molecular weight excluding hydrogens is 230 g/mol. The third-order valence-electron chi connectivity index (χ3n) is 1.95. The number of aromatic nitrogens is 1. The smallest absolute Gasteiger partial charge is 0.214 e. The van der Waals surface area contributed by atoms with Crippen LogP contribution in [0.5, 0.6) is 5.88 Å². The van der Waals surface area contributed by atoms with Gasteiger partial charge in [0, 0.05) is 11.8 Å². The molecule has 1 aromatic rings. The number of halogens is 1. The van der Waals surface area contributed by atoms with Crippen LogP contribution in [0.2, 0.25) is 5.15 Å². The molecule has 0 radical (unpaired) electrons. The minimum Gasteiger partial charge on any atom is -0.481 e. The van der Waals surface area contributed by atoms with Gasteiger partial charge in [0.05, 0.1) is 7.11 Å². The Bertz CT molecular complexity index is 307. The summed E-state index contributed by atoms with van der Waals surface area (Å²) in [5.74, 6) is 2.76. The van der Waals surface area contributed by atoms with E-state index in [-0.39, 0.29) is 0 Å². The van der Waals surface area contributed by atoms with E-state index in [9.17, 15) is 0 Å². The molecule has 0 N–H and O–H groups in total. The summed E-state index contributed by atoms with van der Waals surface area (Å²) in [6.45, 7) is 2.20. The Morgan fingerprint density at radius 1 is 1.47 bits per heavy atom. The van der Waals surface area contributed by atoms with Crippen molar-refractivity contribution in [1.82, 2.24) is 4.98 Å². The van der Waals surface area contributed by atoms with Gasteiger partial charge in [-0.1, -0.05) is 24.9 Å². The second kappa shape index (κ2) is 6.96. The Balaban J connectivity index is 2.49. The fourth-order valence-electron chi connectivity index (χ4n) is 1.15. The number of hydrogen-bond donors (Lipinski definition) is 0. The van der Waals surface area contributed by atoms with Gasteiger partial charge in [-0.3, -0.25) is 0 Å². The van der Waals surface area contributed by atoms with E-state index in [1.54, 1.807) is 7.11 Å². The summed E-state index contributed by atoms with van der Waals surface area (Å²) in [5.41, 5.74) is 1.17. The second-order valence-corrected chi connectivity index (χ2v) is 4.74. The zero-order chi connectivity index (χ0) is 11.1. The number of rotatable bonds is 6. The van der Waals surface area contributed by atoms with E-state index >= 15 is 0 Å². The van der Waals surface area contributed by atoms with E-state index in [2.05, 4.69) is 11.9 Å². The highest BCUT2D eigenvalue weighted by molar-refractivity contribution is 7.98. The summed E-state index contributed by atoms with van der Waals surface area (Å²) in [7, 11) is 1.60. The third kappa shape index (κ3) is 4.76. The SMILES string of the molecule is CCCCSCc1cc(Cl)nc(OC)c1. The number of thioether (sulfide) groups is 1. The van der Waals surface area contributed by atoms with E-state index < -0.39 is 0 Å². The first-order valence-corrected chi connectivity index (χ1v) is 6.57. The summed E-state index contributed by atoms with van der Waals surface area (Å²) in [6, 6.07) is 3.83. The van der Waals surface area contributed by atoms with Gasteiger partial charge in [0.25, 0.3) is 0 Å². The van der Waals surface area contributed by atoms with E-state index in [0.29, 0.717) is 11.0 Å². The van der Waals surface area contributed by atoms with Crippen molar-refractivity contribution in [2.45, 2.75) is 25.5 Å². The van der Waals surface area contributed by atoms with Crippen molar-refractivity contribution >= 4 is 23.4 Å². The van der Waals surface area contributed by atoms with Crippen molar-refractivity contribution in [3.8, 4) is 5.88 Å². The van der Waals surface area contributed by atoms with Crippen molar-refractivity contribution in [3.05, 3.63) is 22.8 Å². The Kier molecular flexibility index (Phi) is 5.88. The summed E-state index contributed by atoms with van der Waals surface area (Å²) >= 11 is 7.79. The number of pyridine rings is 1. The van der Waals surface area contributed by atoms with Crippen molar-refractivity contribution in [1.29, 1.82) is 0 Å². The molecule has 0 saturated heterocycles. The molecular formula is C11H16ClNOS. The van der Waals surface area contributed by atoms with E-state index in [1.165, 1.54) is 24.2 Å². The van der Waals surface area contributed by atoms with Crippen LogP contribution in [0, 0.1) is 0 Å². The molecule has 0 aliphatic carbocycles. The summed E-state index contributed by atoms with van der Waals surface area (Å²) < 4.78 is 5.06. The van der Waals surface area contributed by atoms with Gasteiger partial charge in [0.2, 0.25) is 5.88 Å². The lowest BCUT2D eigenvalue weighted by Crippen LogP contribution is -1.91. The van der Waals surface area contributed by atoms with Gasteiger partial charge in [-0.2, -0.15) is 11.8 Å². The van der Waals surface area contributed by atoms with Crippen molar-refractivity contribution in [2.24, 2.45) is 0 Å². The molecule has 0 atom stereocenters. The molecule has 0 fully saturated rings. The third-order valence-corrected chi connectivity index (χ3v) is 3.26. The quantitative estimate of drug-likeness (QED) is 0.563. The van der Waals surface area contributed by atoms with E-state index in [0.717, 1.165) is 5.75 Å². The molecule has 0 aliphatic rings. The normalized spacial score (nSPS) is 10.3. The van der Waals surface area contributed by atoms with Gasteiger partial charge >= 0.3 is 0 Å². The van der Waals surface area contributed by atoms with Crippen LogP contribution >= 0.6 is 23.4 Å². The van der Waals surface area contributed by atoms with Gasteiger partial charge in [-0.05, 0) is 23.8 Å². The predicted octanol–water partition coefficient (Wildman–Crippen LogP) is 3.78. The molecule has 0 unspecified atom stereocenters. The second-order valence-electron chi connectivity index (χ2n) is 3.25. The zero-order valence-electron chi connectivity index (χ0n) is 9.12. The molecule has 0 amide bonds. The average molecular weight is 246 g/mol. The van der Waals surface area contributed by atoms with Crippen molar-refractivity contribution in [3.63, 3.8) is 0 Å². The molecule has 1 aromatic heterocycles. The lowest BCUT2D eigenvalue weighted by Gasteiger charge is -2.04. The highest BCUT2D eigenvalue weighted by Crippen LogP contribution is 2.20.